The van der Waals surface area contributed by atoms with Crippen molar-refractivity contribution in [3.63, 3.8) is 0 Å². The van der Waals surface area contributed by atoms with E-state index in [1.165, 1.54) is 0 Å². The second-order valence-corrected chi connectivity index (χ2v) is 6.30. The van der Waals surface area contributed by atoms with E-state index in [0.29, 0.717) is 30.4 Å². The Kier molecular flexibility index (Phi) is 7.07. The van der Waals surface area contributed by atoms with Crippen LogP contribution in [-0.2, 0) is 11.2 Å². The summed E-state index contributed by atoms with van der Waals surface area (Å²) < 4.78 is 11.5. The lowest BCUT2D eigenvalue weighted by Gasteiger charge is -2.15. The molecule has 0 aliphatic rings. The normalized spacial score (nSPS) is 11.8. The Labute approximate surface area is 152 Å². The first-order valence-electron chi connectivity index (χ1n) is 8.16. The lowest BCUT2D eigenvalue weighted by Crippen LogP contribution is -2.16. The first-order valence-corrected chi connectivity index (χ1v) is 8.54. The first-order chi connectivity index (χ1) is 11.9. The van der Waals surface area contributed by atoms with Crippen LogP contribution in [-0.4, -0.2) is 28.8 Å². The van der Waals surface area contributed by atoms with Crippen molar-refractivity contribution in [2.45, 2.75) is 39.2 Å². The van der Waals surface area contributed by atoms with E-state index in [-0.39, 0.29) is 12.5 Å². The number of carboxylic acids is 1. The number of aromatic nitrogens is 1. The number of nitrogens with zero attached hydrogens (tertiary/aromatic N) is 1. The standard InChI is InChI=1S/C19H22ClNO4/c1-13-11-17(6-3-15(13)4-8-19(22)23)24-10-9-14(2)25-18-7-5-16(20)12-21-18/h3,5-7,11-12,14H,4,8-10H2,1-2H3,(H,22,23). The molecule has 134 valence electrons. The minimum absolute atomic E-state index is 0.0374. The molecule has 1 atom stereocenters. The molecule has 0 saturated carbocycles. The number of ether oxygens (including phenoxy) is 2. The topological polar surface area (TPSA) is 68.7 Å². The van der Waals surface area contributed by atoms with E-state index in [1.807, 2.05) is 32.0 Å². The van der Waals surface area contributed by atoms with Crippen LogP contribution in [0.2, 0.25) is 5.02 Å². The summed E-state index contributed by atoms with van der Waals surface area (Å²) in [5.74, 6) is 0.521. The summed E-state index contributed by atoms with van der Waals surface area (Å²) in [5, 5.41) is 9.33. The summed E-state index contributed by atoms with van der Waals surface area (Å²) in [6, 6.07) is 9.20. The third-order valence-corrected chi connectivity index (χ3v) is 3.96. The highest BCUT2D eigenvalue weighted by Crippen LogP contribution is 2.19. The van der Waals surface area contributed by atoms with Crippen LogP contribution in [0.4, 0.5) is 0 Å². The molecule has 0 aliphatic carbocycles. The molecule has 0 amide bonds. The van der Waals surface area contributed by atoms with E-state index < -0.39 is 5.97 Å². The number of hydrogen-bond acceptors (Lipinski definition) is 4. The Bertz CT molecular complexity index is 703. The van der Waals surface area contributed by atoms with Crippen LogP contribution in [0.3, 0.4) is 0 Å². The van der Waals surface area contributed by atoms with Gasteiger partial charge in [0.05, 0.1) is 11.6 Å². The molecule has 0 saturated heterocycles. The Morgan fingerprint density at radius 2 is 2.12 bits per heavy atom. The molecule has 6 heteroatoms. The van der Waals surface area contributed by atoms with E-state index in [1.54, 1.807) is 18.3 Å². The fraction of sp³-hybridized carbons (Fsp3) is 0.368. The highest BCUT2D eigenvalue weighted by molar-refractivity contribution is 6.30. The number of carbonyl (C=O) groups is 1. The Balaban J connectivity index is 1.77. The predicted octanol–water partition coefficient (Wildman–Crippen LogP) is 4.30. The summed E-state index contributed by atoms with van der Waals surface area (Å²) in [5.41, 5.74) is 2.06. The minimum Gasteiger partial charge on any atom is -0.493 e. The van der Waals surface area contributed by atoms with Crippen molar-refractivity contribution < 1.29 is 19.4 Å². The zero-order chi connectivity index (χ0) is 18.2. The summed E-state index contributed by atoms with van der Waals surface area (Å²) >= 11 is 5.79. The van der Waals surface area contributed by atoms with E-state index in [2.05, 4.69) is 4.98 Å². The van der Waals surface area contributed by atoms with Gasteiger partial charge in [0, 0.05) is 25.1 Å². The maximum Gasteiger partial charge on any atom is 0.303 e. The highest BCUT2D eigenvalue weighted by Gasteiger charge is 2.07. The second-order valence-electron chi connectivity index (χ2n) is 5.86. The predicted molar refractivity (Wildman–Crippen MR) is 96.6 cm³/mol. The van der Waals surface area contributed by atoms with Gasteiger partial charge in [0.15, 0.2) is 0 Å². The number of aliphatic carboxylic acids is 1. The van der Waals surface area contributed by atoms with E-state index in [4.69, 9.17) is 26.2 Å². The van der Waals surface area contributed by atoms with Crippen LogP contribution in [0.25, 0.3) is 0 Å². The third-order valence-electron chi connectivity index (χ3n) is 3.74. The monoisotopic (exact) mass is 363 g/mol. The molecular weight excluding hydrogens is 342 g/mol. The SMILES string of the molecule is Cc1cc(OCCC(C)Oc2ccc(Cl)cn2)ccc1CCC(=O)O. The maximum atomic E-state index is 10.7. The number of rotatable bonds is 9. The number of pyridine rings is 1. The smallest absolute Gasteiger partial charge is 0.303 e. The molecule has 0 radical (unpaired) electrons. The molecule has 1 aromatic heterocycles. The van der Waals surface area contributed by atoms with Gasteiger partial charge in [0.1, 0.15) is 11.9 Å². The zero-order valence-electron chi connectivity index (χ0n) is 14.4. The molecule has 1 aromatic carbocycles. The molecule has 0 aliphatic heterocycles. The van der Waals surface area contributed by atoms with Crippen molar-refractivity contribution in [1.82, 2.24) is 4.98 Å². The molecule has 2 rings (SSSR count). The van der Waals surface area contributed by atoms with Crippen molar-refractivity contribution in [3.8, 4) is 11.6 Å². The average Bonchev–Trinajstić information content (AvgIpc) is 2.56. The molecular formula is C19H22ClNO4. The molecule has 1 unspecified atom stereocenters. The Morgan fingerprint density at radius 3 is 2.76 bits per heavy atom. The van der Waals surface area contributed by atoms with Crippen LogP contribution >= 0.6 is 11.6 Å². The Morgan fingerprint density at radius 1 is 1.32 bits per heavy atom. The first kappa shape index (κ1) is 19.1. The second kappa shape index (κ2) is 9.28. The van der Waals surface area contributed by atoms with E-state index >= 15 is 0 Å². The fourth-order valence-electron chi connectivity index (χ4n) is 2.32. The van der Waals surface area contributed by atoms with Gasteiger partial charge >= 0.3 is 5.97 Å². The van der Waals surface area contributed by atoms with Gasteiger partial charge in [0.2, 0.25) is 5.88 Å². The van der Waals surface area contributed by atoms with E-state index in [0.717, 1.165) is 16.9 Å². The zero-order valence-corrected chi connectivity index (χ0v) is 15.1. The summed E-state index contributed by atoms with van der Waals surface area (Å²) in [7, 11) is 0. The quantitative estimate of drug-likeness (QED) is 0.719. The van der Waals surface area contributed by atoms with Gasteiger partial charge in [-0.3, -0.25) is 4.79 Å². The number of benzene rings is 1. The van der Waals surface area contributed by atoms with Crippen molar-refractivity contribution in [3.05, 3.63) is 52.7 Å². The molecule has 0 fully saturated rings. The molecule has 2 aromatic rings. The fourth-order valence-corrected chi connectivity index (χ4v) is 2.43. The minimum atomic E-state index is -0.788. The molecule has 0 bridgehead atoms. The van der Waals surface area contributed by atoms with Gasteiger partial charge in [-0.15, -0.1) is 0 Å². The van der Waals surface area contributed by atoms with E-state index in [9.17, 15) is 4.79 Å². The van der Waals surface area contributed by atoms with Crippen LogP contribution in [0.5, 0.6) is 11.6 Å². The van der Waals surface area contributed by atoms with Crippen molar-refractivity contribution >= 4 is 17.6 Å². The summed E-state index contributed by atoms with van der Waals surface area (Å²) in [6.07, 6.45) is 2.89. The number of halogens is 1. The van der Waals surface area contributed by atoms with Gasteiger partial charge in [-0.2, -0.15) is 0 Å². The van der Waals surface area contributed by atoms with Gasteiger partial charge in [-0.25, -0.2) is 4.98 Å². The third kappa shape index (κ3) is 6.63. The van der Waals surface area contributed by atoms with Crippen molar-refractivity contribution in [2.75, 3.05) is 6.61 Å². The Hall–Kier alpha value is -2.27. The summed E-state index contributed by atoms with van der Waals surface area (Å²) in [4.78, 5) is 14.8. The van der Waals surface area contributed by atoms with Crippen molar-refractivity contribution in [1.29, 1.82) is 0 Å². The van der Waals surface area contributed by atoms with Crippen LogP contribution in [0.1, 0.15) is 30.9 Å². The molecule has 25 heavy (non-hydrogen) atoms. The largest absolute Gasteiger partial charge is 0.493 e. The highest BCUT2D eigenvalue weighted by atomic mass is 35.5. The molecule has 1 heterocycles. The number of hydrogen-bond donors (Lipinski definition) is 1. The molecule has 1 N–H and O–H groups in total. The van der Waals surface area contributed by atoms with Gasteiger partial charge in [-0.05, 0) is 49.6 Å². The van der Waals surface area contributed by atoms with Gasteiger partial charge < -0.3 is 14.6 Å². The van der Waals surface area contributed by atoms with Crippen molar-refractivity contribution in [2.24, 2.45) is 0 Å². The average molecular weight is 364 g/mol. The van der Waals surface area contributed by atoms with Crippen LogP contribution < -0.4 is 9.47 Å². The lowest BCUT2D eigenvalue weighted by molar-refractivity contribution is -0.136. The lowest BCUT2D eigenvalue weighted by atomic mass is 10.0. The van der Waals surface area contributed by atoms with Gasteiger partial charge in [-0.1, -0.05) is 17.7 Å². The number of carboxylic acid groups (broad SMARTS) is 1. The van der Waals surface area contributed by atoms with Crippen LogP contribution in [0.15, 0.2) is 36.5 Å². The van der Waals surface area contributed by atoms with Gasteiger partial charge in [0.25, 0.3) is 0 Å². The molecule has 5 nitrogen and oxygen atoms in total. The summed E-state index contributed by atoms with van der Waals surface area (Å²) in [6.45, 7) is 4.44. The number of aryl methyl sites for hydroxylation is 2. The van der Waals surface area contributed by atoms with Crippen LogP contribution in [0, 0.1) is 6.92 Å². The molecule has 0 spiro atoms. The maximum absolute atomic E-state index is 10.7.